The summed E-state index contributed by atoms with van der Waals surface area (Å²) >= 11 is 0.983. The summed E-state index contributed by atoms with van der Waals surface area (Å²) in [6.07, 6.45) is -0.640. The number of carboxylic acids is 1. The fourth-order valence-corrected chi connectivity index (χ4v) is 9.08. The van der Waals surface area contributed by atoms with Crippen LogP contribution < -0.4 is 48.7 Å². The van der Waals surface area contributed by atoms with Gasteiger partial charge in [0.05, 0.1) is 50.2 Å². The highest BCUT2D eigenvalue weighted by Crippen LogP contribution is 2.27. The Hall–Kier alpha value is -5.03. The van der Waals surface area contributed by atoms with Gasteiger partial charge >= 0.3 is 5.97 Å². The van der Waals surface area contributed by atoms with Crippen molar-refractivity contribution in [3.63, 3.8) is 0 Å². The molecule has 0 aromatic carbocycles. The number of rotatable bonds is 33. The number of hydrogen-bond acceptors (Lipinski definition) is 16. The van der Waals surface area contributed by atoms with E-state index in [1.54, 1.807) is 18.7 Å². The van der Waals surface area contributed by atoms with Crippen molar-refractivity contribution in [1.82, 2.24) is 47.0 Å². The molecule has 6 unspecified atom stereocenters. The van der Waals surface area contributed by atoms with Crippen LogP contribution in [0.25, 0.3) is 0 Å². The number of aliphatic hydroxyl groups is 4. The molecule has 10 atom stereocenters. The maximum atomic E-state index is 13.6. The first-order chi connectivity index (χ1) is 33.5. The Labute approximate surface area is 417 Å². The van der Waals surface area contributed by atoms with E-state index in [2.05, 4.69) is 48.7 Å². The van der Waals surface area contributed by atoms with Gasteiger partial charge in [-0.1, -0.05) is 13.8 Å². The number of hydrogen-bond donors (Lipinski definition) is 14. The normalized spacial score (nSPS) is 21.3. The van der Waals surface area contributed by atoms with Crippen LogP contribution in [-0.2, 0) is 47.9 Å². The number of piperidine rings is 1. The van der Waals surface area contributed by atoms with Gasteiger partial charge in [-0.25, -0.2) is 4.79 Å². The fraction of sp³-hybridized carbons (Fsp3) is 0.773. The molecule has 2 saturated heterocycles. The molecule has 27 heteroatoms. The van der Waals surface area contributed by atoms with Gasteiger partial charge in [0.2, 0.25) is 53.2 Å². The van der Waals surface area contributed by atoms with Crippen molar-refractivity contribution < 1.29 is 84.9 Å². The molecule has 0 spiro atoms. The minimum Gasteiger partial charge on any atom is -0.480 e. The van der Waals surface area contributed by atoms with E-state index in [1.807, 2.05) is 0 Å². The second-order valence-electron chi connectivity index (χ2n) is 18.3. The Morgan fingerprint density at radius 2 is 1.25 bits per heavy atom. The molecule has 2 aliphatic heterocycles. The maximum absolute atomic E-state index is 13.6. The monoisotopic (exact) mass is 1030 g/mol. The summed E-state index contributed by atoms with van der Waals surface area (Å²) in [5, 5.41) is 66.0. The van der Waals surface area contributed by atoms with Gasteiger partial charge in [0.1, 0.15) is 42.4 Å². The molecule has 26 nitrogen and oxygen atoms in total. The predicted octanol–water partition coefficient (Wildman–Crippen LogP) is -6.96. The Bertz CT molecular complexity index is 1820. The molecule has 2 aliphatic rings. The number of nitrogens with one attached hydrogen (secondary N) is 7. The molecular formula is C44H79N11O15S+2. The third-order valence-corrected chi connectivity index (χ3v) is 13.2. The number of imide groups is 1. The predicted molar refractivity (Wildman–Crippen MR) is 255 cm³/mol. The SMILES string of the molecule is CC(=O)NC(CSC1CC(=O)N(CCCCN2C[C@H](O)[C@@H](O)[C@H](O)[C@H]2CO)C1=O)C(=O)NC(CCCC[NH3+])C(=O)NCC(=O)NCC(=O)NC(C)C(=O)NC(CCCC[NH3+])C(=O)NC(CC(C)C)C(=O)O. The van der Waals surface area contributed by atoms with Crippen LogP contribution in [0, 0.1) is 5.92 Å². The molecule has 0 aromatic heterocycles. The number of amides is 9. The zero-order valence-electron chi connectivity index (χ0n) is 41.3. The Kier molecular flexibility index (Phi) is 28.1. The standard InChI is InChI=1S/C44H77N11O15S/c1-24(2)17-29(44(69)70)53-41(66)28(12-6-8-14-46)51-39(64)25(3)49-35(60)20-47-34(59)19-48-40(65)27(11-5-7-13-45)52-42(67)30(50-26(4)57)23-71-33-18-36(61)55(43(33)68)16-10-9-15-54-21-32(58)38(63)37(62)31(54)22-56/h24-25,27-33,37-38,56,58,62-63H,5-23,45-46H2,1-4H3,(H,47,59)(H,48,65)(H,49,60)(H,50,57)(H,51,64)(H,52,67)(H,53,66)(H,69,70)/p+2/t25?,27?,28?,29?,30?,31-,32+,33?,37-,38-/m1/s1. The van der Waals surface area contributed by atoms with Crippen molar-refractivity contribution in [3.05, 3.63) is 0 Å². The summed E-state index contributed by atoms with van der Waals surface area (Å²) < 4.78 is 0. The average molecular weight is 1030 g/mol. The van der Waals surface area contributed by atoms with Gasteiger partial charge in [-0.05, 0) is 77.2 Å². The van der Waals surface area contributed by atoms with Gasteiger partial charge in [-0.2, -0.15) is 0 Å². The van der Waals surface area contributed by atoms with Crippen molar-refractivity contribution in [2.75, 3.05) is 58.2 Å². The van der Waals surface area contributed by atoms with E-state index in [-0.39, 0.29) is 50.4 Å². The van der Waals surface area contributed by atoms with Gasteiger partial charge < -0.3 is 74.2 Å². The minimum atomic E-state index is -1.40. The number of aliphatic hydroxyl groups excluding tert-OH is 4. The Morgan fingerprint density at radius 3 is 1.83 bits per heavy atom. The molecule has 0 radical (unpaired) electrons. The highest BCUT2D eigenvalue weighted by Gasteiger charge is 2.42. The van der Waals surface area contributed by atoms with Crippen molar-refractivity contribution in [1.29, 1.82) is 0 Å². The van der Waals surface area contributed by atoms with Gasteiger partial charge in [0, 0.05) is 32.2 Å². The lowest BCUT2D eigenvalue weighted by atomic mass is 9.94. The molecular weight excluding hydrogens is 955 g/mol. The fourth-order valence-electron chi connectivity index (χ4n) is 7.89. The molecule has 0 saturated carbocycles. The summed E-state index contributed by atoms with van der Waals surface area (Å²) in [4.78, 5) is 131. The average Bonchev–Trinajstić information content (AvgIpc) is 3.58. The summed E-state index contributed by atoms with van der Waals surface area (Å²) in [7, 11) is 0. The number of unbranched alkanes of at least 4 members (excludes halogenated alkanes) is 3. The zero-order valence-corrected chi connectivity index (χ0v) is 42.1. The van der Waals surface area contributed by atoms with Crippen molar-refractivity contribution in [2.45, 2.75) is 152 Å². The number of carbonyl (C=O) groups excluding carboxylic acids is 9. The van der Waals surface area contributed by atoms with Crippen LogP contribution in [0.1, 0.15) is 91.9 Å². The topological polar surface area (TPSA) is 418 Å². The van der Waals surface area contributed by atoms with Crippen LogP contribution in [0.15, 0.2) is 0 Å². The van der Waals surface area contributed by atoms with Crippen LogP contribution in [-0.4, -0.2) is 212 Å². The number of quaternary nitrogens is 2. The van der Waals surface area contributed by atoms with E-state index in [9.17, 15) is 73.5 Å². The van der Waals surface area contributed by atoms with Gasteiger partial charge in [-0.15, -0.1) is 11.8 Å². The molecule has 0 aliphatic carbocycles. The lowest BCUT2D eigenvalue weighted by Gasteiger charge is -2.43. The minimum absolute atomic E-state index is 0.0184. The highest BCUT2D eigenvalue weighted by molar-refractivity contribution is 8.00. The number of likely N-dealkylation sites (tertiary alicyclic amines) is 2. The lowest BCUT2D eigenvalue weighted by molar-refractivity contribution is -0.368. The quantitative estimate of drug-likeness (QED) is 0.0215. The molecule has 2 fully saturated rings. The van der Waals surface area contributed by atoms with Crippen LogP contribution >= 0.6 is 11.8 Å². The number of nitrogens with zero attached hydrogens (tertiary/aromatic N) is 2. The first-order valence-corrected chi connectivity index (χ1v) is 25.3. The Morgan fingerprint density at radius 1 is 0.690 bits per heavy atom. The number of aliphatic carboxylic acids is 1. The summed E-state index contributed by atoms with van der Waals surface area (Å²) in [6.45, 7) is 5.99. The van der Waals surface area contributed by atoms with E-state index >= 15 is 0 Å². The second kappa shape index (κ2) is 32.1. The van der Waals surface area contributed by atoms with Crippen LogP contribution in [0.4, 0.5) is 0 Å². The van der Waals surface area contributed by atoms with Crippen LogP contribution in [0.3, 0.4) is 0 Å². The molecule has 71 heavy (non-hydrogen) atoms. The molecule has 9 amide bonds. The first-order valence-electron chi connectivity index (χ1n) is 24.2. The summed E-state index contributed by atoms with van der Waals surface area (Å²) in [5.74, 6) is -7.41. The Balaban J connectivity index is 1.94. The third kappa shape index (κ3) is 21.7. The van der Waals surface area contributed by atoms with Gasteiger partial charge in [0.15, 0.2) is 0 Å². The van der Waals surface area contributed by atoms with E-state index in [1.165, 1.54) is 13.8 Å². The zero-order chi connectivity index (χ0) is 53.4. The molecule has 2 heterocycles. The van der Waals surface area contributed by atoms with E-state index in [0.29, 0.717) is 58.2 Å². The van der Waals surface area contributed by atoms with Crippen LogP contribution in [0.2, 0.25) is 0 Å². The molecule has 404 valence electrons. The van der Waals surface area contributed by atoms with E-state index in [0.717, 1.165) is 16.7 Å². The van der Waals surface area contributed by atoms with Crippen molar-refractivity contribution in [3.8, 4) is 0 Å². The largest absolute Gasteiger partial charge is 0.480 e. The maximum Gasteiger partial charge on any atom is 0.326 e. The van der Waals surface area contributed by atoms with Gasteiger partial charge in [-0.3, -0.25) is 53.0 Å². The number of thioether (sulfide) groups is 1. The lowest BCUT2D eigenvalue weighted by Crippen LogP contribution is -2.62. The smallest absolute Gasteiger partial charge is 0.326 e. The number of carbonyl (C=O) groups is 10. The molecule has 2 rings (SSSR count). The second-order valence-corrected chi connectivity index (χ2v) is 19.5. The summed E-state index contributed by atoms with van der Waals surface area (Å²) in [6, 6.07) is -6.65. The molecule has 0 aromatic rings. The number of β-amino-alcohol motifs (C(OH)–C–C–N with tert-alkyl or cyclic N) is 1. The van der Waals surface area contributed by atoms with Crippen molar-refractivity contribution >= 4 is 70.9 Å². The molecule has 18 N–H and O–H groups in total. The number of carboxylic acid groups (broad SMARTS) is 1. The third-order valence-electron chi connectivity index (χ3n) is 11.9. The molecule has 0 bridgehead atoms. The summed E-state index contributed by atoms with van der Waals surface area (Å²) in [5.41, 5.74) is 7.55. The first kappa shape index (κ1) is 62.1. The van der Waals surface area contributed by atoms with Crippen molar-refractivity contribution in [2.24, 2.45) is 5.92 Å². The van der Waals surface area contributed by atoms with E-state index < -0.39 is 139 Å². The van der Waals surface area contributed by atoms with Gasteiger partial charge in [0.25, 0.3) is 0 Å². The van der Waals surface area contributed by atoms with Crippen LogP contribution in [0.5, 0.6) is 0 Å². The van der Waals surface area contributed by atoms with E-state index in [4.69, 9.17) is 0 Å². The highest BCUT2D eigenvalue weighted by atomic mass is 32.2.